The van der Waals surface area contributed by atoms with E-state index in [1.54, 1.807) is 12.1 Å². The Kier molecular flexibility index (Phi) is 7.74. The quantitative estimate of drug-likeness (QED) is 0.348. The topological polar surface area (TPSA) is 18.5 Å². The molecule has 29 heavy (non-hydrogen) atoms. The number of rotatable bonds is 7. The molecule has 0 amide bonds. The second-order valence-corrected chi connectivity index (χ2v) is 8.09. The molecule has 0 N–H and O–H groups in total. The highest BCUT2D eigenvalue weighted by Crippen LogP contribution is 2.38. The summed E-state index contributed by atoms with van der Waals surface area (Å²) in [6, 6.07) is 19.7. The fourth-order valence-corrected chi connectivity index (χ4v) is 3.58. The van der Waals surface area contributed by atoms with Gasteiger partial charge in [0.05, 0.1) is 10.0 Å². The van der Waals surface area contributed by atoms with E-state index in [1.165, 1.54) is 11.6 Å². The molecule has 0 saturated heterocycles. The monoisotopic (exact) mass is 466 g/mol. The van der Waals surface area contributed by atoms with Gasteiger partial charge in [0.15, 0.2) is 5.75 Å². The van der Waals surface area contributed by atoms with Crippen molar-refractivity contribution in [1.82, 2.24) is 0 Å². The Morgan fingerprint density at radius 3 is 2.24 bits per heavy atom. The van der Waals surface area contributed by atoms with E-state index in [2.05, 4.69) is 25.1 Å². The van der Waals surface area contributed by atoms with Crippen LogP contribution >= 0.6 is 46.4 Å². The van der Waals surface area contributed by atoms with Crippen molar-refractivity contribution in [2.75, 3.05) is 6.61 Å². The Balaban J connectivity index is 1.76. The fourth-order valence-electron chi connectivity index (χ4n) is 2.88. The third kappa shape index (κ3) is 5.83. The highest BCUT2D eigenvalue weighted by molar-refractivity contribution is 6.55. The van der Waals surface area contributed by atoms with E-state index in [0.717, 1.165) is 16.7 Å². The number of hydrogen-bond donors (Lipinski definition) is 0. The number of ether oxygens (including phenoxy) is 2. The molecule has 6 heteroatoms. The van der Waals surface area contributed by atoms with Gasteiger partial charge in [-0.1, -0.05) is 94.9 Å². The van der Waals surface area contributed by atoms with Gasteiger partial charge in [-0.25, -0.2) is 0 Å². The largest absolute Gasteiger partial charge is 0.489 e. The molecule has 2 nitrogen and oxygen atoms in total. The van der Waals surface area contributed by atoms with Crippen LogP contribution < -0.4 is 9.47 Å². The number of benzene rings is 3. The van der Waals surface area contributed by atoms with Gasteiger partial charge in [0.2, 0.25) is 0 Å². The van der Waals surface area contributed by atoms with E-state index < -0.39 is 0 Å². The molecule has 150 valence electrons. The second kappa shape index (κ2) is 10.3. The Morgan fingerprint density at radius 1 is 0.897 bits per heavy atom. The van der Waals surface area contributed by atoms with Crippen LogP contribution in [0.1, 0.15) is 11.1 Å². The van der Waals surface area contributed by atoms with Crippen molar-refractivity contribution in [1.29, 1.82) is 0 Å². The molecule has 0 aliphatic heterocycles. The van der Waals surface area contributed by atoms with Crippen molar-refractivity contribution in [3.8, 4) is 22.6 Å². The minimum Gasteiger partial charge on any atom is -0.489 e. The van der Waals surface area contributed by atoms with Gasteiger partial charge < -0.3 is 9.47 Å². The average molecular weight is 468 g/mol. The van der Waals surface area contributed by atoms with Crippen molar-refractivity contribution in [2.45, 2.75) is 13.5 Å². The number of halogens is 4. The lowest BCUT2D eigenvalue weighted by atomic mass is 9.97. The van der Waals surface area contributed by atoms with Crippen LogP contribution in [0, 0.1) is 6.92 Å². The van der Waals surface area contributed by atoms with E-state index >= 15 is 0 Å². The molecule has 0 aliphatic rings. The second-order valence-electron chi connectivity index (χ2n) is 6.27. The molecule has 3 aromatic rings. The van der Waals surface area contributed by atoms with Crippen LogP contribution in [0.4, 0.5) is 0 Å². The zero-order valence-corrected chi connectivity index (χ0v) is 18.6. The van der Waals surface area contributed by atoms with Crippen LogP contribution in [0.25, 0.3) is 11.1 Å². The van der Waals surface area contributed by atoms with Gasteiger partial charge in [-0.3, -0.25) is 0 Å². The Hall–Kier alpha value is -1.84. The van der Waals surface area contributed by atoms with Gasteiger partial charge in [0, 0.05) is 12.1 Å². The summed E-state index contributed by atoms with van der Waals surface area (Å²) in [5.41, 5.74) is 4.53. The number of hydrogen-bond acceptors (Lipinski definition) is 2. The van der Waals surface area contributed by atoms with E-state index in [-0.39, 0.29) is 11.1 Å². The third-order valence-electron chi connectivity index (χ3n) is 4.36. The highest BCUT2D eigenvalue weighted by atomic mass is 35.5. The summed E-state index contributed by atoms with van der Waals surface area (Å²) in [7, 11) is 0. The van der Waals surface area contributed by atoms with Crippen LogP contribution in [0.5, 0.6) is 11.5 Å². The molecule has 3 aromatic carbocycles. The summed E-state index contributed by atoms with van der Waals surface area (Å²) >= 11 is 23.8. The van der Waals surface area contributed by atoms with E-state index in [0.29, 0.717) is 28.2 Å². The maximum absolute atomic E-state index is 6.35. The summed E-state index contributed by atoms with van der Waals surface area (Å²) in [6.07, 6.45) is 1.53. The summed E-state index contributed by atoms with van der Waals surface area (Å²) in [5.74, 6) is 0.913. The molecule has 0 aliphatic carbocycles. The summed E-state index contributed by atoms with van der Waals surface area (Å²) in [5, 5.41) is 0.732. The predicted molar refractivity (Wildman–Crippen MR) is 123 cm³/mol. The lowest BCUT2D eigenvalue weighted by molar-refractivity contribution is 0.304. The van der Waals surface area contributed by atoms with Crippen molar-refractivity contribution in [3.05, 3.63) is 92.4 Å². The lowest BCUT2D eigenvalue weighted by Gasteiger charge is -2.15. The normalized spacial score (nSPS) is 10.5. The van der Waals surface area contributed by atoms with Crippen LogP contribution in [-0.2, 0) is 6.61 Å². The van der Waals surface area contributed by atoms with E-state index in [1.807, 2.05) is 30.3 Å². The zero-order chi connectivity index (χ0) is 20.8. The van der Waals surface area contributed by atoms with Crippen LogP contribution in [0.2, 0.25) is 10.0 Å². The van der Waals surface area contributed by atoms with Crippen molar-refractivity contribution in [3.63, 3.8) is 0 Å². The average Bonchev–Trinajstić information content (AvgIpc) is 2.69. The van der Waals surface area contributed by atoms with Crippen molar-refractivity contribution >= 4 is 46.4 Å². The zero-order valence-electron chi connectivity index (χ0n) is 15.6. The highest BCUT2D eigenvalue weighted by Gasteiger charge is 2.13. The first-order valence-corrected chi connectivity index (χ1v) is 10.4. The first kappa shape index (κ1) is 21.9. The molecule has 0 fully saturated rings. The first-order chi connectivity index (χ1) is 14.0. The van der Waals surface area contributed by atoms with Gasteiger partial charge in [-0.05, 0) is 35.3 Å². The minimum atomic E-state index is 0.134. The van der Waals surface area contributed by atoms with Crippen LogP contribution in [0.15, 0.2) is 71.2 Å². The first-order valence-electron chi connectivity index (χ1n) is 8.85. The molecule has 3 rings (SSSR count). The molecule has 0 atom stereocenters. The molecule has 0 radical (unpaired) electrons. The van der Waals surface area contributed by atoms with Crippen LogP contribution in [0.3, 0.4) is 0 Å². The van der Waals surface area contributed by atoms with Gasteiger partial charge in [0.1, 0.15) is 23.5 Å². The van der Waals surface area contributed by atoms with E-state index in [4.69, 9.17) is 55.9 Å². The Bertz CT molecular complexity index is 990. The molecule has 0 heterocycles. The standard InChI is InChI=1S/C23H18Cl4O2/c1-15-17(8-5-9-19(15)16-6-3-2-4-7-16)14-29-23-20(24)12-18(13-21(23)25)28-11-10-22(26)27/h2-10,12-13H,11,14H2,1H3. The minimum absolute atomic E-state index is 0.134. The summed E-state index contributed by atoms with van der Waals surface area (Å²) < 4.78 is 11.6. The van der Waals surface area contributed by atoms with Gasteiger partial charge in [0.25, 0.3) is 0 Å². The maximum atomic E-state index is 6.35. The summed E-state index contributed by atoms with van der Waals surface area (Å²) in [4.78, 5) is 0. The molecule has 0 spiro atoms. The van der Waals surface area contributed by atoms with Crippen LogP contribution in [-0.4, -0.2) is 6.61 Å². The molecule has 0 aromatic heterocycles. The maximum Gasteiger partial charge on any atom is 0.157 e. The SMILES string of the molecule is Cc1c(COc2c(Cl)cc(OCC=C(Cl)Cl)cc2Cl)cccc1-c1ccccc1. The third-order valence-corrected chi connectivity index (χ3v) is 5.23. The molecule has 0 unspecified atom stereocenters. The molecule has 0 saturated carbocycles. The Morgan fingerprint density at radius 2 is 1.59 bits per heavy atom. The smallest absolute Gasteiger partial charge is 0.157 e. The van der Waals surface area contributed by atoms with Gasteiger partial charge >= 0.3 is 0 Å². The molecule has 0 bridgehead atoms. The summed E-state index contributed by atoms with van der Waals surface area (Å²) in [6.45, 7) is 2.63. The lowest BCUT2D eigenvalue weighted by Crippen LogP contribution is -2.01. The Labute approximate surface area is 190 Å². The molecular formula is C23H18Cl4O2. The van der Waals surface area contributed by atoms with Gasteiger partial charge in [-0.2, -0.15) is 0 Å². The fraction of sp³-hybridized carbons (Fsp3) is 0.130. The van der Waals surface area contributed by atoms with E-state index in [9.17, 15) is 0 Å². The van der Waals surface area contributed by atoms with Gasteiger partial charge in [-0.15, -0.1) is 0 Å². The molecular weight excluding hydrogens is 450 g/mol. The van der Waals surface area contributed by atoms with Crippen molar-refractivity contribution < 1.29 is 9.47 Å². The predicted octanol–water partition coefficient (Wildman–Crippen LogP) is 8.25. The van der Waals surface area contributed by atoms with Crippen molar-refractivity contribution in [2.24, 2.45) is 0 Å².